The maximum atomic E-state index is 12.3. The highest BCUT2D eigenvalue weighted by Crippen LogP contribution is 2.32. The Balaban J connectivity index is 1.71. The lowest BCUT2D eigenvalue weighted by Crippen LogP contribution is -2.25. The lowest BCUT2D eigenvalue weighted by atomic mass is 9.75. The van der Waals surface area contributed by atoms with E-state index < -0.39 is 0 Å². The van der Waals surface area contributed by atoms with Crippen LogP contribution in [0.2, 0.25) is 0 Å². The minimum absolute atomic E-state index is 0.360. The molecule has 1 heteroatoms. The Morgan fingerprint density at radius 3 is 1.89 bits per heavy atom. The monoisotopic (exact) mass is 368 g/mol. The predicted octanol–water partition coefficient (Wildman–Crippen LogP) is 6.54. The van der Waals surface area contributed by atoms with E-state index in [4.69, 9.17) is 0 Å². The van der Waals surface area contributed by atoms with Gasteiger partial charge in [-0.2, -0.15) is 0 Å². The molecule has 1 atom stereocenters. The van der Waals surface area contributed by atoms with Gasteiger partial charge in [0, 0.05) is 5.41 Å². The number of aldehydes is 1. The number of hydrogen-bond donors (Lipinski definition) is 0. The molecule has 0 saturated heterocycles. The van der Waals surface area contributed by atoms with Crippen molar-refractivity contribution in [1.82, 2.24) is 0 Å². The van der Waals surface area contributed by atoms with Crippen LogP contribution in [0.15, 0.2) is 97.1 Å². The molecule has 0 heterocycles. The van der Waals surface area contributed by atoms with E-state index in [1.165, 1.54) is 23.0 Å². The van der Waals surface area contributed by atoms with Gasteiger partial charge >= 0.3 is 0 Å². The molecule has 0 fully saturated rings. The topological polar surface area (TPSA) is 17.1 Å². The van der Waals surface area contributed by atoms with Crippen molar-refractivity contribution >= 4 is 12.4 Å². The van der Waals surface area contributed by atoms with E-state index in [2.05, 4.69) is 72.8 Å². The average Bonchev–Trinajstić information content (AvgIpc) is 2.76. The molecule has 0 N–H and O–H groups in total. The molecule has 0 aliphatic rings. The molecule has 1 unspecified atom stereocenters. The number of rotatable bonds is 10. The highest BCUT2D eigenvalue weighted by molar-refractivity contribution is 5.61. The summed E-state index contributed by atoms with van der Waals surface area (Å²) in [5.74, 6) is 0. The van der Waals surface area contributed by atoms with Gasteiger partial charge in [-0.3, -0.25) is 0 Å². The van der Waals surface area contributed by atoms with Crippen LogP contribution in [0.5, 0.6) is 0 Å². The van der Waals surface area contributed by atoms with Crippen LogP contribution in [0.1, 0.15) is 36.0 Å². The van der Waals surface area contributed by atoms with Crippen LogP contribution in [-0.4, -0.2) is 6.29 Å². The van der Waals surface area contributed by atoms with Gasteiger partial charge in [0.05, 0.1) is 0 Å². The highest BCUT2D eigenvalue weighted by atomic mass is 16.1. The Kier molecular flexibility index (Phi) is 7.37. The van der Waals surface area contributed by atoms with Crippen molar-refractivity contribution in [3.05, 3.63) is 114 Å². The number of allylic oxidation sites excluding steroid dienone is 1. The van der Waals surface area contributed by atoms with Crippen molar-refractivity contribution in [2.45, 2.75) is 32.1 Å². The van der Waals surface area contributed by atoms with Crippen molar-refractivity contribution < 1.29 is 4.79 Å². The third-order valence-electron chi connectivity index (χ3n) is 5.27. The standard InChI is InChI=1S/C27H28O/c28-23-27(22-26-16-8-3-9-17-26,20-10-18-24-12-4-1-5-13-24)21-11-19-25-14-6-2-7-15-25/h1-10,12-18,23H,11,19-22H2/b18-10+. The Morgan fingerprint density at radius 2 is 1.29 bits per heavy atom. The quantitative estimate of drug-likeness (QED) is 0.371. The van der Waals surface area contributed by atoms with Crippen molar-refractivity contribution in [2.75, 3.05) is 0 Å². The zero-order chi connectivity index (χ0) is 19.5. The van der Waals surface area contributed by atoms with E-state index in [1.54, 1.807) is 0 Å². The Bertz CT molecular complexity index is 853. The van der Waals surface area contributed by atoms with Crippen LogP contribution in [-0.2, 0) is 17.6 Å². The van der Waals surface area contributed by atoms with Crippen molar-refractivity contribution in [2.24, 2.45) is 5.41 Å². The van der Waals surface area contributed by atoms with Crippen LogP contribution in [0.25, 0.3) is 6.08 Å². The number of carbonyl (C=O) groups is 1. The van der Waals surface area contributed by atoms with E-state index in [0.29, 0.717) is 0 Å². The van der Waals surface area contributed by atoms with Gasteiger partial charge in [-0.15, -0.1) is 0 Å². The zero-order valence-electron chi connectivity index (χ0n) is 16.3. The third-order valence-corrected chi connectivity index (χ3v) is 5.27. The molecule has 28 heavy (non-hydrogen) atoms. The molecule has 0 amide bonds. The zero-order valence-corrected chi connectivity index (χ0v) is 16.3. The molecule has 0 radical (unpaired) electrons. The molecule has 3 rings (SSSR count). The maximum Gasteiger partial charge on any atom is 0.126 e. The van der Waals surface area contributed by atoms with E-state index >= 15 is 0 Å². The number of hydrogen-bond acceptors (Lipinski definition) is 1. The van der Waals surface area contributed by atoms with Crippen molar-refractivity contribution in [3.8, 4) is 0 Å². The van der Waals surface area contributed by atoms with Crippen molar-refractivity contribution in [3.63, 3.8) is 0 Å². The molecule has 3 aromatic rings. The average molecular weight is 369 g/mol. The molecule has 142 valence electrons. The Morgan fingerprint density at radius 1 is 0.714 bits per heavy atom. The summed E-state index contributed by atoms with van der Waals surface area (Å²) in [5, 5.41) is 0. The Labute approximate surface area is 168 Å². The number of aryl methyl sites for hydroxylation is 1. The summed E-state index contributed by atoms with van der Waals surface area (Å²) in [7, 11) is 0. The van der Waals surface area contributed by atoms with Gasteiger partial charge in [-0.25, -0.2) is 0 Å². The van der Waals surface area contributed by atoms with E-state index in [0.717, 1.165) is 32.1 Å². The summed E-state index contributed by atoms with van der Waals surface area (Å²) in [4.78, 5) is 12.3. The van der Waals surface area contributed by atoms with Gasteiger partial charge in [0.25, 0.3) is 0 Å². The third kappa shape index (κ3) is 6.06. The fraction of sp³-hybridized carbons (Fsp3) is 0.222. The lowest BCUT2D eigenvalue weighted by Gasteiger charge is -2.27. The molecule has 0 bridgehead atoms. The first-order valence-corrected chi connectivity index (χ1v) is 10.1. The van der Waals surface area contributed by atoms with Crippen molar-refractivity contribution in [1.29, 1.82) is 0 Å². The summed E-state index contributed by atoms with van der Waals surface area (Å²) in [6, 6.07) is 31.2. The van der Waals surface area contributed by atoms with Crippen LogP contribution >= 0.6 is 0 Å². The summed E-state index contributed by atoms with van der Waals surface area (Å²) in [6.45, 7) is 0. The summed E-state index contributed by atoms with van der Waals surface area (Å²) >= 11 is 0. The molecule has 0 aromatic heterocycles. The van der Waals surface area contributed by atoms with Gasteiger partial charge < -0.3 is 4.79 Å². The first-order chi connectivity index (χ1) is 13.8. The molecule has 3 aromatic carbocycles. The predicted molar refractivity (Wildman–Crippen MR) is 118 cm³/mol. The minimum Gasteiger partial charge on any atom is -0.303 e. The minimum atomic E-state index is -0.360. The lowest BCUT2D eigenvalue weighted by molar-refractivity contribution is -0.116. The smallest absolute Gasteiger partial charge is 0.126 e. The summed E-state index contributed by atoms with van der Waals surface area (Å²) < 4.78 is 0. The maximum absolute atomic E-state index is 12.3. The van der Waals surface area contributed by atoms with Crippen LogP contribution in [0.3, 0.4) is 0 Å². The molecular formula is C27H28O. The van der Waals surface area contributed by atoms with E-state index in [-0.39, 0.29) is 5.41 Å². The fourth-order valence-electron chi connectivity index (χ4n) is 3.70. The number of carbonyl (C=O) groups excluding carboxylic acids is 1. The van der Waals surface area contributed by atoms with E-state index in [9.17, 15) is 4.79 Å². The SMILES string of the molecule is O=CC(C/C=C/c1ccccc1)(CCCc1ccccc1)Cc1ccccc1. The van der Waals surface area contributed by atoms with Crippen LogP contribution < -0.4 is 0 Å². The van der Waals surface area contributed by atoms with Gasteiger partial charge in [0.1, 0.15) is 6.29 Å². The van der Waals surface area contributed by atoms with Gasteiger partial charge in [-0.1, -0.05) is 103 Å². The molecule has 0 spiro atoms. The second-order valence-corrected chi connectivity index (χ2v) is 7.50. The van der Waals surface area contributed by atoms with Gasteiger partial charge in [0.15, 0.2) is 0 Å². The van der Waals surface area contributed by atoms with E-state index in [1.807, 2.05) is 30.3 Å². The molecule has 0 saturated carbocycles. The number of benzene rings is 3. The summed E-state index contributed by atoms with van der Waals surface area (Å²) in [6.07, 6.45) is 9.93. The highest BCUT2D eigenvalue weighted by Gasteiger charge is 2.28. The summed E-state index contributed by atoms with van der Waals surface area (Å²) in [5.41, 5.74) is 3.37. The molecule has 1 nitrogen and oxygen atoms in total. The van der Waals surface area contributed by atoms with Gasteiger partial charge in [0.2, 0.25) is 0 Å². The first-order valence-electron chi connectivity index (χ1n) is 10.1. The largest absolute Gasteiger partial charge is 0.303 e. The second-order valence-electron chi connectivity index (χ2n) is 7.50. The first kappa shape index (κ1) is 19.8. The van der Waals surface area contributed by atoms with Crippen LogP contribution in [0.4, 0.5) is 0 Å². The Hall–Kier alpha value is -2.93. The molecular weight excluding hydrogens is 340 g/mol. The van der Waals surface area contributed by atoms with Gasteiger partial charge in [-0.05, 0) is 48.8 Å². The fourth-order valence-corrected chi connectivity index (χ4v) is 3.70. The second kappa shape index (κ2) is 10.4. The van der Waals surface area contributed by atoms with Crippen LogP contribution in [0, 0.1) is 5.41 Å². The molecule has 0 aliphatic carbocycles. The normalized spacial score (nSPS) is 13.3. The molecule has 0 aliphatic heterocycles.